The summed E-state index contributed by atoms with van der Waals surface area (Å²) in [4.78, 5) is 17.5. The Morgan fingerprint density at radius 1 is 1.16 bits per heavy atom. The summed E-state index contributed by atoms with van der Waals surface area (Å²) in [6.07, 6.45) is 0.999. The number of nitrogens with zero attached hydrogens (tertiary/aromatic N) is 2. The molecule has 5 heteroatoms. The highest BCUT2D eigenvalue weighted by molar-refractivity contribution is 5.79. The highest BCUT2D eigenvalue weighted by atomic mass is 16.1. The minimum absolute atomic E-state index is 0.0941. The van der Waals surface area contributed by atoms with Gasteiger partial charge in [0.25, 0.3) is 0 Å². The number of hydrogen-bond donors (Lipinski definition) is 2. The Labute approximate surface area is 151 Å². The van der Waals surface area contributed by atoms with E-state index in [4.69, 9.17) is 0 Å². The molecule has 0 spiro atoms. The molecule has 2 fully saturated rings. The van der Waals surface area contributed by atoms with Crippen molar-refractivity contribution in [2.75, 3.05) is 52.9 Å². The molecule has 0 aliphatic carbocycles. The van der Waals surface area contributed by atoms with Crippen LogP contribution in [0.25, 0.3) is 0 Å². The van der Waals surface area contributed by atoms with E-state index < -0.39 is 0 Å². The maximum absolute atomic E-state index is 12.5. The number of piperidine rings is 1. The third-order valence-electron chi connectivity index (χ3n) is 5.51. The molecule has 138 valence electrons. The second-order valence-corrected chi connectivity index (χ2v) is 7.76. The van der Waals surface area contributed by atoms with Gasteiger partial charge in [-0.3, -0.25) is 4.79 Å². The van der Waals surface area contributed by atoms with Crippen molar-refractivity contribution in [3.05, 3.63) is 35.4 Å². The molecule has 2 saturated heterocycles. The van der Waals surface area contributed by atoms with Gasteiger partial charge in [-0.15, -0.1) is 0 Å². The summed E-state index contributed by atoms with van der Waals surface area (Å²) < 4.78 is 0. The first kappa shape index (κ1) is 18.4. The molecule has 1 aromatic carbocycles. The lowest BCUT2D eigenvalue weighted by Gasteiger charge is -2.37. The average Bonchev–Trinajstić information content (AvgIpc) is 2.63. The molecule has 0 saturated carbocycles. The Morgan fingerprint density at radius 3 is 2.60 bits per heavy atom. The molecule has 1 amide bonds. The van der Waals surface area contributed by atoms with Crippen LogP contribution < -0.4 is 10.6 Å². The topological polar surface area (TPSA) is 47.6 Å². The van der Waals surface area contributed by atoms with Crippen LogP contribution in [0.2, 0.25) is 0 Å². The number of nitrogens with one attached hydrogen (secondary N) is 2. The summed E-state index contributed by atoms with van der Waals surface area (Å²) in [5, 5.41) is 6.59. The van der Waals surface area contributed by atoms with Crippen LogP contribution in [-0.2, 0) is 11.3 Å². The van der Waals surface area contributed by atoms with E-state index in [1.165, 1.54) is 5.56 Å². The van der Waals surface area contributed by atoms with Crippen molar-refractivity contribution >= 4 is 5.91 Å². The Hall–Kier alpha value is -1.43. The van der Waals surface area contributed by atoms with E-state index in [1.54, 1.807) is 0 Å². The fourth-order valence-corrected chi connectivity index (χ4v) is 3.80. The lowest BCUT2D eigenvalue weighted by molar-refractivity contribution is -0.126. The summed E-state index contributed by atoms with van der Waals surface area (Å²) in [7, 11) is 2.19. The van der Waals surface area contributed by atoms with Crippen LogP contribution in [0.3, 0.4) is 0 Å². The highest BCUT2D eigenvalue weighted by Gasteiger charge is 2.28. The maximum atomic E-state index is 12.5. The molecule has 2 atom stereocenters. The molecule has 25 heavy (non-hydrogen) atoms. The fraction of sp³-hybridized carbons (Fsp3) is 0.650. The largest absolute Gasteiger partial charge is 0.352 e. The third-order valence-corrected chi connectivity index (χ3v) is 5.51. The number of benzene rings is 1. The van der Waals surface area contributed by atoms with Crippen molar-refractivity contribution in [1.29, 1.82) is 0 Å². The van der Waals surface area contributed by atoms with Gasteiger partial charge < -0.3 is 20.4 Å². The number of piperazine rings is 1. The van der Waals surface area contributed by atoms with Gasteiger partial charge in [0.05, 0.1) is 5.92 Å². The van der Waals surface area contributed by atoms with Gasteiger partial charge in [0.1, 0.15) is 0 Å². The Kier molecular flexibility index (Phi) is 6.45. The number of carbonyl (C=O) groups is 1. The van der Waals surface area contributed by atoms with Crippen molar-refractivity contribution in [3.8, 4) is 0 Å². The van der Waals surface area contributed by atoms with Crippen molar-refractivity contribution in [2.24, 2.45) is 11.8 Å². The number of hydrogen-bond acceptors (Lipinski definition) is 4. The van der Waals surface area contributed by atoms with Crippen LogP contribution in [0.5, 0.6) is 0 Å². The molecule has 0 bridgehead atoms. The van der Waals surface area contributed by atoms with E-state index in [2.05, 4.69) is 58.7 Å². The zero-order chi connectivity index (χ0) is 17.6. The molecule has 2 heterocycles. The molecule has 2 aliphatic heterocycles. The Bertz CT molecular complexity index is 551. The first-order valence-electron chi connectivity index (χ1n) is 9.55. The van der Waals surface area contributed by atoms with Gasteiger partial charge >= 0.3 is 0 Å². The zero-order valence-corrected chi connectivity index (χ0v) is 15.6. The monoisotopic (exact) mass is 344 g/mol. The summed E-state index contributed by atoms with van der Waals surface area (Å²) >= 11 is 0. The predicted molar refractivity (Wildman–Crippen MR) is 101 cm³/mol. The lowest BCUT2D eigenvalue weighted by Crippen LogP contribution is -2.50. The minimum atomic E-state index is 0.0941. The Balaban J connectivity index is 1.43. The van der Waals surface area contributed by atoms with Gasteiger partial charge in [-0.1, -0.05) is 29.8 Å². The van der Waals surface area contributed by atoms with Crippen molar-refractivity contribution in [2.45, 2.75) is 19.9 Å². The van der Waals surface area contributed by atoms with Crippen LogP contribution in [0, 0.1) is 18.8 Å². The SMILES string of the molecule is Cc1ccc(CNC(=O)[C@H]2CNC[C@@H](CN3CCN(C)CC3)C2)cc1. The lowest BCUT2D eigenvalue weighted by atomic mass is 9.89. The molecule has 3 rings (SSSR count). The summed E-state index contributed by atoms with van der Waals surface area (Å²) in [5.74, 6) is 0.861. The van der Waals surface area contributed by atoms with Crippen LogP contribution in [0.4, 0.5) is 0 Å². The van der Waals surface area contributed by atoms with E-state index in [0.717, 1.165) is 57.8 Å². The molecule has 5 nitrogen and oxygen atoms in total. The van der Waals surface area contributed by atoms with Crippen LogP contribution in [0.15, 0.2) is 24.3 Å². The second-order valence-electron chi connectivity index (χ2n) is 7.76. The molecule has 0 aromatic heterocycles. The van der Waals surface area contributed by atoms with E-state index >= 15 is 0 Å². The quantitative estimate of drug-likeness (QED) is 0.839. The highest BCUT2D eigenvalue weighted by Crippen LogP contribution is 2.19. The maximum Gasteiger partial charge on any atom is 0.224 e. The average molecular weight is 345 g/mol. The van der Waals surface area contributed by atoms with Gasteiger partial charge in [-0.05, 0) is 38.4 Å². The normalized spacial score (nSPS) is 25.7. The van der Waals surface area contributed by atoms with E-state index in [-0.39, 0.29) is 11.8 Å². The molecular formula is C20H32N4O. The molecule has 2 N–H and O–H groups in total. The molecular weight excluding hydrogens is 312 g/mol. The number of carbonyl (C=O) groups excluding carboxylic acids is 1. The van der Waals surface area contributed by atoms with Gasteiger partial charge in [0.15, 0.2) is 0 Å². The third kappa shape index (κ3) is 5.53. The smallest absolute Gasteiger partial charge is 0.224 e. The van der Waals surface area contributed by atoms with Crippen molar-refractivity contribution in [1.82, 2.24) is 20.4 Å². The standard InChI is InChI=1S/C20H32N4O/c1-16-3-5-17(6-4-16)13-22-20(25)19-11-18(12-21-14-19)15-24-9-7-23(2)8-10-24/h3-6,18-19,21H,7-15H2,1-2H3,(H,22,25)/t18-,19+/m0/s1. The van der Waals surface area contributed by atoms with Gasteiger partial charge in [0.2, 0.25) is 5.91 Å². The zero-order valence-electron chi connectivity index (χ0n) is 15.6. The Morgan fingerprint density at radius 2 is 1.88 bits per heavy atom. The van der Waals surface area contributed by atoms with Gasteiger partial charge in [0, 0.05) is 45.8 Å². The molecule has 0 unspecified atom stereocenters. The van der Waals surface area contributed by atoms with Crippen molar-refractivity contribution < 1.29 is 4.79 Å². The minimum Gasteiger partial charge on any atom is -0.352 e. The number of aryl methyl sites for hydroxylation is 1. The number of likely N-dealkylation sites (N-methyl/N-ethyl adjacent to an activating group) is 1. The van der Waals surface area contributed by atoms with Crippen LogP contribution in [-0.4, -0.2) is 68.6 Å². The van der Waals surface area contributed by atoms with Crippen LogP contribution in [0.1, 0.15) is 17.5 Å². The molecule has 1 aromatic rings. The second kappa shape index (κ2) is 8.79. The predicted octanol–water partition coefficient (Wildman–Crippen LogP) is 1.08. The van der Waals surface area contributed by atoms with E-state index in [1.807, 2.05) is 0 Å². The van der Waals surface area contributed by atoms with Crippen LogP contribution >= 0.6 is 0 Å². The molecule has 2 aliphatic rings. The molecule has 0 radical (unpaired) electrons. The van der Waals surface area contributed by atoms with Gasteiger partial charge in [-0.25, -0.2) is 0 Å². The van der Waals surface area contributed by atoms with Crippen molar-refractivity contribution in [3.63, 3.8) is 0 Å². The fourth-order valence-electron chi connectivity index (χ4n) is 3.80. The summed E-state index contributed by atoms with van der Waals surface area (Å²) in [6, 6.07) is 8.36. The van der Waals surface area contributed by atoms with Gasteiger partial charge in [-0.2, -0.15) is 0 Å². The number of rotatable bonds is 5. The first-order chi connectivity index (χ1) is 12.1. The van der Waals surface area contributed by atoms with E-state index in [9.17, 15) is 4.79 Å². The summed E-state index contributed by atoms with van der Waals surface area (Å²) in [6.45, 7) is 10.3. The summed E-state index contributed by atoms with van der Waals surface area (Å²) in [5.41, 5.74) is 2.41. The number of amides is 1. The van der Waals surface area contributed by atoms with E-state index in [0.29, 0.717) is 12.5 Å². The first-order valence-corrected chi connectivity index (χ1v) is 9.55.